The third-order valence-corrected chi connectivity index (χ3v) is 3.00. The first-order valence-electron chi connectivity index (χ1n) is 5.72. The molecule has 0 bridgehead atoms. The fourth-order valence-electron chi connectivity index (χ4n) is 1.76. The second-order valence-electron chi connectivity index (χ2n) is 4.03. The molecule has 96 valence electrons. The van der Waals surface area contributed by atoms with Gasteiger partial charge in [0.25, 0.3) is 0 Å². The number of amides is 2. The van der Waals surface area contributed by atoms with Gasteiger partial charge in [-0.05, 0) is 12.1 Å². The van der Waals surface area contributed by atoms with E-state index in [0.717, 1.165) is 0 Å². The molecule has 6 heteroatoms. The minimum atomic E-state index is -0.471. The maximum Gasteiger partial charge on any atom is 0.237 e. The van der Waals surface area contributed by atoms with E-state index in [1.165, 1.54) is 0 Å². The van der Waals surface area contributed by atoms with E-state index in [1.807, 2.05) is 0 Å². The summed E-state index contributed by atoms with van der Waals surface area (Å²) in [5.74, 6) is -0.381. The number of anilines is 1. The molecular formula is C12H14ClN3O2. The van der Waals surface area contributed by atoms with E-state index in [9.17, 15) is 9.59 Å². The van der Waals surface area contributed by atoms with Crippen molar-refractivity contribution >= 4 is 29.1 Å². The average Bonchev–Trinajstić information content (AvgIpc) is 2.35. The van der Waals surface area contributed by atoms with Crippen LogP contribution < -0.4 is 16.0 Å². The summed E-state index contributed by atoms with van der Waals surface area (Å²) < 4.78 is 0. The smallest absolute Gasteiger partial charge is 0.237 e. The monoisotopic (exact) mass is 267 g/mol. The molecule has 1 aromatic carbocycles. The number of carbonyl (C=O) groups excluding carboxylic acids is 2. The van der Waals surface area contributed by atoms with Crippen LogP contribution in [0.15, 0.2) is 24.3 Å². The molecule has 0 aliphatic carbocycles. The van der Waals surface area contributed by atoms with Crippen LogP contribution in [0.5, 0.6) is 0 Å². The van der Waals surface area contributed by atoms with Gasteiger partial charge in [0, 0.05) is 13.1 Å². The predicted octanol–water partition coefficient (Wildman–Crippen LogP) is 0.757. The predicted molar refractivity (Wildman–Crippen MR) is 69.5 cm³/mol. The van der Waals surface area contributed by atoms with Crippen LogP contribution in [0, 0.1) is 0 Å². The van der Waals surface area contributed by atoms with Crippen molar-refractivity contribution in [3.8, 4) is 0 Å². The zero-order valence-electron chi connectivity index (χ0n) is 9.70. The van der Waals surface area contributed by atoms with Gasteiger partial charge in [0.15, 0.2) is 0 Å². The Morgan fingerprint density at radius 3 is 2.89 bits per heavy atom. The Kier molecular flexibility index (Phi) is 4.17. The summed E-state index contributed by atoms with van der Waals surface area (Å²) in [4.78, 5) is 23.3. The molecule has 1 unspecified atom stereocenters. The number of benzene rings is 1. The Bertz CT molecular complexity index is 464. The second-order valence-corrected chi connectivity index (χ2v) is 4.44. The highest BCUT2D eigenvalue weighted by Crippen LogP contribution is 2.20. The summed E-state index contributed by atoms with van der Waals surface area (Å²) in [5, 5.41) is 8.87. The lowest BCUT2D eigenvalue weighted by molar-refractivity contribution is -0.127. The minimum Gasteiger partial charge on any atom is -0.353 e. The van der Waals surface area contributed by atoms with Gasteiger partial charge >= 0.3 is 0 Å². The lowest BCUT2D eigenvalue weighted by Gasteiger charge is -2.22. The molecule has 1 aliphatic rings. The van der Waals surface area contributed by atoms with E-state index in [4.69, 9.17) is 11.6 Å². The van der Waals surface area contributed by atoms with Crippen LogP contribution in [-0.4, -0.2) is 30.9 Å². The lowest BCUT2D eigenvalue weighted by Crippen LogP contribution is -2.53. The van der Waals surface area contributed by atoms with Crippen molar-refractivity contribution in [1.82, 2.24) is 10.6 Å². The maximum absolute atomic E-state index is 11.8. The Balaban J connectivity index is 1.92. The highest BCUT2D eigenvalue weighted by molar-refractivity contribution is 6.33. The first-order valence-corrected chi connectivity index (χ1v) is 6.10. The normalized spacial score (nSPS) is 19.2. The number of nitrogens with one attached hydrogen (secondary N) is 3. The molecule has 18 heavy (non-hydrogen) atoms. The van der Waals surface area contributed by atoms with Crippen LogP contribution >= 0.6 is 11.6 Å². The summed E-state index contributed by atoms with van der Waals surface area (Å²) >= 11 is 5.93. The fraction of sp³-hybridized carbons (Fsp3) is 0.333. The van der Waals surface area contributed by atoms with Crippen LogP contribution in [0.25, 0.3) is 0 Å². The summed E-state index contributed by atoms with van der Waals surface area (Å²) in [5.41, 5.74) is 0.556. The summed E-state index contributed by atoms with van der Waals surface area (Å²) in [7, 11) is 0. The van der Waals surface area contributed by atoms with E-state index in [1.54, 1.807) is 24.3 Å². The molecular weight excluding hydrogens is 254 g/mol. The van der Waals surface area contributed by atoms with Crippen LogP contribution in [0.1, 0.15) is 6.42 Å². The average molecular weight is 268 g/mol. The molecule has 0 saturated carbocycles. The maximum atomic E-state index is 11.8. The third-order valence-electron chi connectivity index (χ3n) is 2.67. The standard InChI is InChI=1S/C12H14ClN3O2/c13-8-3-1-2-4-9(8)16-11(17)7-10-12(18)15-6-5-14-10/h1-4,10,14H,5-7H2,(H,15,18)(H,16,17). The summed E-state index contributed by atoms with van der Waals surface area (Å²) in [6.45, 7) is 1.28. The Hall–Kier alpha value is -1.59. The number of rotatable bonds is 3. The molecule has 0 radical (unpaired) electrons. The fourth-order valence-corrected chi connectivity index (χ4v) is 1.95. The molecule has 2 rings (SSSR count). The Morgan fingerprint density at radius 2 is 2.17 bits per heavy atom. The topological polar surface area (TPSA) is 70.2 Å². The second kappa shape index (κ2) is 5.84. The Labute approximate surface area is 110 Å². The number of halogens is 1. The van der Waals surface area contributed by atoms with Crippen molar-refractivity contribution in [3.05, 3.63) is 29.3 Å². The quantitative estimate of drug-likeness (QED) is 0.757. The zero-order chi connectivity index (χ0) is 13.0. The van der Waals surface area contributed by atoms with Gasteiger partial charge in [0.2, 0.25) is 11.8 Å². The molecule has 1 aliphatic heterocycles. The van der Waals surface area contributed by atoms with Gasteiger partial charge in [-0.2, -0.15) is 0 Å². The van der Waals surface area contributed by atoms with Crippen molar-refractivity contribution in [1.29, 1.82) is 0 Å². The first-order chi connectivity index (χ1) is 8.66. The molecule has 0 aromatic heterocycles. The minimum absolute atomic E-state index is 0.0943. The Morgan fingerprint density at radius 1 is 1.39 bits per heavy atom. The number of piperazine rings is 1. The van der Waals surface area contributed by atoms with E-state index in [0.29, 0.717) is 23.8 Å². The molecule has 1 saturated heterocycles. The number of para-hydroxylation sites is 1. The van der Waals surface area contributed by atoms with Crippen LogP contribution in [0.2, 0.25) is 5.02 Å². The third kappa shape index (κ3) is 3.21. The van der Waals surface area contributed by atoms with E-state index in [-0.39, 0.29) is 18.2 Å². The highest BCUT2D eigenvalue weighted by Gasteiger charge is 2.24. The van der Waals surface area contributed by atoms with Crippen LogP contribution in [0.3, 0.4) is 0 Å². The summed E-state index contributed by atoms with van der Waals surface area (Å²) in [6, 6.07) is 6.51. The van der Waals surface area contributed by atoms with Gasteiger partial charge < -0.3 is 16.0 Å². The van der Waals surface area contributed by atoms with Gasteiger partial charge in [0.1, 0.15) is 0 Å². The molecule has 2 amide bonds. The van der Waals surface area contributed by atoms with E-state index in [2.05, 4.69) is 16.0 Å². The molecule has 5 nitrogen and oxygen atoms in total. The van der Waals surface area contributed by atoms with E-state index < -0.39 is 6.04 Å². The van der Waals surface area contributed by atoms with Gasteiger partial charge in [-0.3, -0.25) is 9.59 Å². The lowest BCUT2D eigenvalue weighted by atomic mass is 10.1. The first kappa shape index (κ1) is 12.9. The van der Waals surface area contributed by atoms with Crippen LogP contribution in [0.4, 0.5) is 5.69 Å². The van der Waals surface area contributed by atoms with Crippen molar-refractivity contribution in [2.24, 2.45) is 0 Å². The van der Waals surface area contributed by atoms with E-state index >= 15 is 0 Å². The van der Waals surface area contributed by atoms with Gasteiger partial charge in [-0.25, -0.2) is 0 Å². The molecule has 1 fully saturated rings. The van der Waals surface area contributed by atoms with Crippen molar-refractivity contribution in [2.75, 3.05) is 18.4 Å². The van der Waals surface area contributed by atoms with Gasteiger partial charge in [-0.1, -0.05) is 23.7 Å². The number of hydrogen-bond donors (Lipinski definition) is 3. The van der Waals surface area contributed by atoms with Crippen molar-refractivity contribution < 1.29 is 9.59 Å². The number of hydrogen-bond acceptors (Lipinski definition) is 3. The summed E-state index contributed by atoms with van der Waals surface area (Å²) in [6.07, 6.45) is 0.0943. The van der Waals surface area contributed by atoms with Crippen molar-refractivity contribution in [2.45, 2.75) is 12.5 Å². The largest absolute Gasteiger partial charge is 0.353 e. The number of carbonyl (C=O) groups is 2. The van der Waals surface area contributed by atoms with Gasteiger partial charge in [-0.15, -0.1) is 0 Å². The SMILES string of the molecule is O=C(CC1NCCNC1=O)Nc1ccccc1Cl. The van der Waals surface area contributed by atoms with Gasteiger partial charge in [0.05, 0.1) is 23.2 Å². The molecule has 1 heterocycles. The molecule has 3 N–H and O–H groups in total. The van der Waals surface area contributed by atoms with Crippen molar-refractivity contribution in [3.63, 3.8) is 0 Å². The molecule has 1 aromatic rings. The zero-order valence-corrected chi connectivity index (χ0v) is 10.5. The molecule has 1 atom stereocenters. The highest BCUT2D eigenvalue weighted by atomic mass is 35.5. The van der Waals surface area contributed by atoms with Crippen LogP contribution in [-0.2, 0) is 9.59 Å². The molecule has 0 spiro atoms.